The van der Waals surface area contributed by atoms with Crippen LogP contribution in [0.25, 0.3) is 131 Å². The second kappa shape index (κ2) is 44.1. The molecule has 0 saturated carbocycles. The van der Waals surface area contributed by atoms with Gasteiger partial charge >= 0.3 is 0 Å². The number of fused-ring (bicyclic) bond motifs is 6. The number of benzene rings is 8. The summed E-state index contributed by atoms with van der Waals surface area (Å²) < 4.78 is 14.5. The van der Waals surface area contributed by atoms with Crippen molar-refractivity contribution in [3.05, 3.63) is 409 Å². The number of carbonyl (C=O) groups is 6. The van der Waals surface area contributed by atoms with Gasteiger partial charge in [-0.1, -0.05) is 97.1 Å². The van der Waals surface area contributed by atoms with Crippen molar-refractivity contribution < 1.29 is 33.2 Å². The summed E-state index contributed by atoms with van der Waals surface area (Å²) in [6.45, 7) is 2.09. The van der Waals surface area contributed by atoms with Crippen LogP contribution in [0.4, 0.5) is 34.1 Å². The van der Waals surface area contributed by atoms with E-state index in [0.717, 1.165) is 109 Å². The van der Waals surface area contributed by atoms with Crippen LogP contribution in [-0.2, 0) is 42.3 Å². The van der Waals surface area contributed by atoms with E-state index in [2.05, 4.69) is 186 Å². The number of hydrogen-bond donors (Lipinski definition) is 6. The summed E-state index contributed by atoms with van der Waals surface area (Å²) in [6, 6.07) is 81.2. The number of pyridine rings is 6. The molecule has 36 heteroatoms. The number of hydrogen-bond acceptors (Lipinski definition) is 24. The smallest absolute Gasteiger partial charge is 0.273 e. The molecule has 16 heterocycles. The summed E-state index contributed by atoms with van der Waals surface area (Å²) >= 11 is 4.94. The van der Waals surface area contributed by atoms with E-state index in [1.54, 1.807) is 193 Å². The Balaban J connectivity index is 0.000000111. The standard InChI is InChI=1S/C21H18N4O.C20H16N4O.2C18H14N4OS.C17H13N5O2.C17H13N5OS/c1-14-5-3-4-6-18(14)16-11-15-7-8-17(12-19(15)22-13-16)24-21(26)20-9-10-23-25(20)2;1-24-19(9-10-22-24)20(25)23-17-8-7-15-11-16(13-21-18(15)12-17)14-5-3-2-4-6-14;1-22-17(4-6-20-22)18(23)21-15-3-2-12-8-14(10-19-16(12)9-15)13-5-7-24-11-13;1-22-16(6-7-20-22)18(23)21-14-5-4-12-9-13(11-19-15(12)10-14)17-3-2-8-24-17;2*1-22-15(4-5-20-22)16(23)21-13-3-2-11-8-12(10-19-14(11)9-13)17-18-6-7-24-17/h3-13H,1-2H3,(H,24,26);2-13H,1H3,(H,23,25);2*2-11H,1H3,(H,21,23);2*2-10H,1H3,(H,21,23). The molecule has 6 N–H and O–H groups in total. The van der Waals surface area contributed by atoms with Gasteiger partial charge in [-0.05, 0) is 203 Å². The number of amides is 6. The quantitative estimate of drug-likeness (QED) is 0.0464. The van der Waals surface area contributed by atoms with Gasteiger partial charge in [0, 0.05) is 227 Å². The molecule has 8 aromatic carbocycles. The van der Waals surface area contributed by atoms with E-state index in [1.165, 1.54) is 37.2 Å². The molecular weight excluding hydrogens is 1910 g/mol. The van der Waals surface area contributed by atoms with Crippen LogP contribution in [0.5, 0.6) is 0 Å². The van der Waals surface area contributed by atoms with Crippen LogP contribution >= 0.6 is 34.0 Å². The topological polar surface area (TPSA) is 398 Å². The van der Waals surface area contributed by atoms with Crippen LogP contribution in [0.3, 0.4) is 0 Å². The first kappa shape index (κ1) is 96.4. The lowest BCUT2D eigenvalue weighted by molar-refractivity contribution is 0.101. The number of anilines is 6. The zero-order chi connectivity index (χ0) is 101. The van der Waals surface area contributed by atoms with Crippen LogP contribution in [-0.4, -0.2) is 134 Å². The lowest BCUT2D eigenvalue weighted by Crippen LogP contribution is -2.16. The Kier molecular flexibility index (Phi) is 29.0. The van der Waals surface area contributed by atoms with Crippen LogP contribution in [0, 0.1) is 6.92 Å². The molecule has 722 valence electrons. The molecule has 0 atom stereocenters. The molecule has 0 aliphatic carbocycles. The van der Waals surface area contributed by atoms with E-state index in [-0.39, 0.29) is 35.4 Å². The van der Waals surface area contributed by atoms with Crippen LogP contribution in [0.1, 0.15) is 68.5 Å². The Morgan fingerprint density at radius 2 is 0.599 bits per heavy atom. The number of nitrogens with zero attached hydrogens (tertiary/aromatic N) is 20. The molecule has 0 radical (unpaired) electrons. The van der Waals surface area contributed by atoms with Crippen LogP contribution in [0.15, 0.2) is 374 Å². The maximum absolute atomic E-state index is 12.3. The predicted molar refractivity (Wildman–Crippen MR) is 576 cm³/mol. The Morgan fingerprint density at radius 1 is 0.265 bits per heavy atom. The fourth-order valence-corrected chi connectivity index (χ4v) is 17.9. The maximum atomic E-state index is 12.3. The molecule has 24 aromatic rings. The number of thiazole rings is 1. The molecule has 0 saturated heterocycles. The second-order valence-corrected chi connectivity index (χ2v) is 36.0. The minimum Gasteiger partial charge on any atom is -0.444 e. The SMILES string of the molecule is Cc1ccccc1-c1cnc2cc(NC(=O)c3ccnn3C)ccc2c1.Cn1nccc1C(=O)Nc1ccc2cc(-c3ccccc3)cnc2c1.Cn1nccc1C(=O)Nc1ccc2cc(-c3cccs3)cnc2c1.Cn1nccc1C(=O)Nc1ccc2cc(-c3ccsc3)cnc2c1.Cn1nccc1C(=O)Nc1ccc2cc(-c3ncco3)cnc2c1.Cn1nccc1C(=O)Nc1ccc2cc(-c3nccs3)cnc2c1. The lowest BCUT2D eigenvalue weighted by atomic mass is 10.0. The summed E-state index contributed by atoms with van der Waals surface area (Å²) in [5.41, 5.74) is 23.0. The second-order valence-electron chi connectivity index (χ2n) is 33.4. The summed E-state index contributed by atoms with van der Waals surface area (Å²) in [6.07, 6.45) is 25.4. The van der Waals surface area contributed by atoms with Gasteiger partial charge in [-0.3, -0.25) is 86.8 Å². The van der Waals surface area contributed by atoms with Gasteiger partial charge in [0.1, 0.15) is 45.4 Å². The van der Waals surface area contributed by atoms with Gasteiger partial charge in [-0.2, -0.15) is 41.9 Å². The fourth-order valence-electron chi connectivity index (χ4n) is 15.9. The Morgan fingerprint density at radius 3 is 0.932 bits per heavy atom. The molecule has 0 spiro atoms. The van der Waals surface area contributed by atoms with Crippen molar-refractivity contribution in [2.75, 3.05) is 31.9 Å². The molecule has 16 aromatic heterocycles. The first-order valence-corrected chi connectivity index (χ1v) is 48.5. The number of rotatable bonds is 18. The van der Waals surface area contributed by atoms with E-state index in [4.69, 9.17) is 4.42 Å². The molecule has 147 heavy (non-hydrogen) atoms. The first-order chi connectivity index (χ1) is 71.6. The first-order valence-electron chi connectivity index (χ1n) is 45.8. The van der Waals surface area contributed by atoms with E-state index < -0.39 is 0 Å². The summed E-state index contributed by atoms with van der Waals surface area (Å²) in [4.78, 5) is 110. The predicted octanol–water partition coefficient (Wildman–Crippen LogP) is 22.2. The highest BCUT2D eigenvalue weighted by molar-refractivity contribution is 7.13. The third-order valence-corrected chi connectivity index (χ3v) is 26.0. The Bertz CT molecular complexity index is 8230. The number of nitrogens with one attached hydrogen (secondary N) is 6. The molecule has 0 unspecified atom stereocenters. The average molecular weight is 1990 g/mol. The van der Waals surface area contributed by atoms with Crippen molar-refractivity contribution in [2.45, 2.75) is 6.92 Å². The van der Waals surface area contributed by atoms with Gasteiger partial charge in [0.15, 0.2) is 0 Å². The molecule has 0 bridgehead atoms. The molecule has 6 amide bonds. The van der Waals surface area contributed by atoms with E-state index in [1.807, 2.05) is 188 Å². The van der Waals surface area contributed by atoms with Crippen LogP contribution in [0.2, 0.25) is 0 Å². The van der Waals surface area contributed by atoms with Gasteiger partial charge in [0.05, 0.1) is 44.9 Å². The molecule has 0 fully saturated rings. The van der Waals surface area contributed by atoms with Crippen molar-refractivity contribution in [2.24, 2.45) is 42.3 Å². The Labute approximate surface area is 851 Å². The number of carbonyl (C=O) groups excluding carboxylic acids is 6. The van der Waals surface area contributed by atoms with Gasteiger partial charge in [-0.25, -0.2) is 9.97 Å². The highest BCUT2D eigenvalue weighted by Gasteiger charge is 2.20. The highest BCUT2D eigenvalue weighted by atomic mass is 32.1. The molecule has 0 aliphatic heterocycles. The summed E-state index contributed by atoms with van der Waals surface area (Å²) in [5, 5.41) is 56.5. The van der Waals surface area contributed by atoms with Gasteiger partial charge < -0.3 is 36.3 Å². The zero-order valence-corrected chi connectivity index (χ0v) is 82.2. The average Bonchev–Trinajstić information content (AvgIpc) is 1.71. The summed E-state index contributed by atoms with van der Waals surface area (Å²) in [5.74, 6) is -0.660. The van der Waals surface area contributed by atoms with Gasteiger partial charge in [-0.15, -0.1) is 22.7 Å². The monoisotopic (exact) mass is 1990 g/mol. The van der Waals surface area contributed by atoms with Crippen molar-refractivity contribution in [3.8, 4) is 65.8 Å². The van der Waals surface area contributed by atoms with E-state index in [0.29, 0.717) is 74.2 Å². The maximum Gasteiger partial charge on any atom is 0.273 e. The van der Waals surface area contributed by atoms with Crippen molar-refractivity contribution in [1.29, 1.82) is 0 Å². The minimum atomic E-state index is -0.217. The molecule has 33 nitrogen and oxygen atoms in total. The highest BCUT2D eigenvalue weighted by Crippen LogP contribution is 2.35. The van der Waals surface area contributed by atoms with Crippen molar-refractivity contribution >= 4 is 169 Å². The fraction of sp³-hybridized carbons (Fsp3) is 0.0631. The number of oxazole rings is 1. The molecular formula is C111H88N26O7S3. The minimum absolute atomic E-state index is 0.190. The summed E-state index contributed by atoms with van der Waals surface area (Å²) in [7, 11) is 10.4. The molecule has 24 rings (SSSR count). The largest absolute Gasteiger partial charge is 0.444 e. The van der Waals surface area contributed by atoms with Crippen molar-refractivity contribution in [1.82, 2.24) is 98.6 Å². The zero-order valence-electron chi connectivity index (χ0n) is 79.7. The number of thiophene rings is 2. The molecule has 0 aliphatic rings. The number of aromatic nitrogens is 20. The van der Waals surface area contributed by atoms with Gasteiger partial charge in [0.2, 0.25) is 5.89 Å². The Hall–Kier alpha value is -19.5. The van der Waals surface area contributed by atoms with Crippen LogP contribution < -0.4 is 31.9 Å². The lowest BCUT2D eigenvalue weighted by Gasteiger charge is -2.09. The van der Waals surface area contributed by atoms with Crippen molar-refractivity contribution in [3.63, 3.8) is 0 Å². The van der Waals surface area contributed by atoms with Gasteiger partial charge in [0.25, 0.3) is 35.4 Å². The normalized spacial score (nSPS) is 10.9. The number of aryl methyl sites for hydroxylation is 7. The third-order valence-electron chi connectivity index (χ3n) is 23.6. The van der Waals surface area contributed by atoms with E-state index >= 15 is 0 Å². The van der Waals surface area contributed by atoms with E-state index in [9.17, 15) is 28.8 Å². The third kappa shape index (κ3) is 23.1.